The van der Waals surface area contributed by atoms with Crippen molar-refractivity contribution in [1.29, 1.82) is 0 Å². The normalized spacial score (nSPS) is 25.8. The van der Waals surface area contributed by atoms with Gasteiger partial charge >= 0.3 is 6.03 Å². The van der Waals surface area contributed by atoms with Gasteiger partial charge in [-0.25, -0.2) is 4.79 Å². The number of benzene rings is 1. The van der Waals surface area contributed by atoms with Crippen LogP contribution in [0.2, 0.25) is 0 Å². The lowest BCUT2D eigenvalue weighted by molar-refractivity contribution is 0.0700. The van der Waals surface area contributed by atoms with Gasteiger partial charge in [-0.1, -0.05) is 18.2 Å². The zero-order chi connectivity index (χ0) is 20.0. The first kappa shape index (κ1) is 18.4. The predicted molar refractivity (Wildman–Crippen MR) is 104 cm³/mol. The third kappa shape index (κ3) is 3.25. The van der Waals surface area contributed by atoms with E-state index in [0.717, 1.165) is 37.4 Å². The lowest BCUT2D eigenvalue weighted by Crippen LogP contribution is -2.62. The Morgan fingerprint density at radius 1 is 1.21 bits per heavy atom. The number of carbonyl (C=O) groups excluding carboxylic acids is 1. The number of carbonyl (C=O) groups is 1. The lowest BCUT2D eigenvalue weighted by Gasteiger charge is -2.45. The summed E-state index contributed by atoms with van der Waals surface area (Å²) >= 11 is 0. The Kier molecular flexibility index (Phi) is 4.46. The van der Waals surface area contributed by atoms with E-state index in [1.54, 1.807) is 4.90 Å². The number of hydrogen-bond acceptors (Lipinski definition) is 6. The first-order chi connectivity index (χ1) is 14.0. The highest BCUT2D eigenvalue weighted by molar-refractivity contribution is 5.76. The van der Waals surface area contributed by atoms with Crippen molar-refractivity contribution in [2.45, 2.75) is 50.2 Å². The minimum Gasteiger partial charge on any atom is -0.488 e. The topological polar surface area (TPSA) is 89.7 Å². The van der Waals surface area contributed by atoms with E-state index in [2.05, 4.69) is 22.4 Å². The van der Waals surface area contributed by atoms with Gasteiger partial charge in [-0.2, -0.15) is 0 Å². The van der Waals surface area contributed by atoms with E-state index < -0.39 is 0 Å². The highest BCUT2D eigenvalue weighted by atomic mass is 16.5. The molecule has 2 amide bonds. The quantitative estimate of drug-likeness (QED) is 0.855. The number of urea groups is 1. The monoisotopic (exact) mass is 398 g/mol. The number of para-hydroxylation sites is 1. The van der Waals surface area contributed by atoms with Crippen LogP contribution in [0.3, 0.4) is 0 Å². The molecule has 8 nitrogen and oxygen atoms in total. The van der Waals surface area contributed by atoms with E-state index in [1.165, 1.54) is 0 Å². The Bertz CT molecular complexity index is 902. The van der Waals surface area contributed by atoms with E-state index in [0.29, 0.717) is 24.9 Å². The fourth-order valence-corrected chi connectivity index (χ4v) is 4.45. The summed E-state index contributed by atoms with van der Waals surface area (Å²) in [5.74, 6) is 2.43. The van der Waals surface area contributed by atoms with Gasteiger partial charge in [0.2, 0.25) is 11.8 Å². The van der Waals surface area contributed by atoms with Crippen LogP contribution in [0.5, 0.6) is 5.75 Å². The average molecular weight is 398 g/mol. The second-order valence-electron chi connectivity index (χ2n) is 8.54. The zero-order valence-electron chi connectivity index (χ0n) is 16.8. The van der Waals surface area contributed by atoms with Gasteiger partial charge < -0.3 is 24.1 Å². The van der Waals surface area contributed by atoms with Crippen molar-refractivity contribution in [2.75, 3.05) is 26.3 Å². The molecule has 2 unspecified atom stereocenters. The van der Waals surface area contributed by atoms with Gasteiger partial charge in [0, 0.05) is 37.8 Å². The van der Waals surface area contributed by atoms with Crippen LogP contribution in [-0.4, -0.2) is 53.5 Å². The van der Waals surface area contributed by atoms with Gasteiger partial charge in [0.25, 0.3) is 0 Å². The molecule has 1 N–H and O–H groups in total. The molecule has 2 fully saturated rings. The molecule has 0 aliphatic carbocycles. The van der Waals surface area contributed by atoms with E-state index >= 15 is 0 Å². The maximum absolute atomic E-state index is 12.8. The molecule has 1 aromatic heterocycles. The van der Waals surface area contributed by atoms with Crippen molar-refractivity contribution in [3.8, 4) is 5.75 Å². The number of aromatic nitrogens is 2. The summed E-state index contributed by atoms with van der Waals surface area (Å²) in [5, 5.41) is 11.7. The van der Waals surface area contributed by atoms with Gasteiger partial charge in [-0.05, 0) is 32.8 Å². The molecule has 154 valence electrons. The summed E-state index contributed by atoms with van der Waals surface area (Å²) in [4.78, 5) is 14.6. The van der Waals surface area contributed by atoms with Crippen LogP contribution in [0.15, 0.2) is 28.7 Å². The third-order valence-corrected chi connectivity index (χ3v) is 6.21. The summed E-state index contributed by atoms with van der Waals surface area (Å²) in [6.45, 7) is 6.62. The minimum absolute atomic E-state index is 0.0937. The van der Waals surface area contributed by atoms with Crippen molar-refractivity contribution in [3.05, 3.63) is 41.6 Å². The minimum atomic E-state index is -0.302. The fourth-order valence-electron chi connectivity index (χ4n) is 4.45. The number of nitrogens with one attached hydrogen (secondary N) is 1. The Labute approximate surface area is 169 Å². The molecule has 0 spiro atoms. The van der Waals surface area contributed by atoms with E-state index in [1.807, 2.05) is 31.2 Å². The van der Waals surface area contributed by atoms with Gasteiger partial charge in [0.15, 0.2) is 0 Å². The molecule has 0 saturated carbocycles. The van der Waals surface area contributed by atoms with Crippen molar-refractivity contribution in [2.24, 2.45) is 0 Å². The van der Waals surface area contributed by atoms with Crippen LogP contribution in [0.25, 0.3) is 0 Å². The Balaban J connectivity index is 1.21. The molecule has 3 aliphatic heterocycles. The van der Waals surface area contributed by atoms with E-state index in [4.69, 9.17) is 13.9 Å². The van der Waals surface area contributed by atoms with E-state index in [9.17, 15) is 4.79 Å². The number of hydrogen-bond donors (Lipinski definition) is 1. The summed E-state index contributed by atoms with van der Waals surface area (Å²) in [6.07, 6.45) is 1.73. The second kappa shape index (κ2) is 7.02. The standard InChI is InChI=1S/C21H26N4O4/c1-13-17(15-5-3-4-6-16(15)28-13)22-20(26)25-11-21(2,12-25)19-24-23-18(29-19)14-7-9-27-10-8-14/h3-6,13-14,17H,7-12H2,1-2H3,(H,22,26). The largest absolute Gasteiger partial charge is 0.488 e. The summed E-state index contributed by atoms with van der Waals surface area (Å²) < 4.78 is 17.2. The number of amides is 2. The predicted octanol–water partition coefficient (Wildman–Crippen LogP) is 2.77. The SMILES string of the molecule is CC1Oc2ccccc2C1NC(=O)N1CC(C)(c2nnc(C3CCOCC3)o2)C1. The van der Waals surface area contributed by atoms with E-state index in [-0.39, 0.29) is 29.5 Å². The Morgan fingerprint density at radius 3 is 2.76 bits per heavy atom. The molecule has 8 heteroatoms. The number of nitrogens with zero attached hydrogens (tertiary/aromatic N) is 3. The van der Waals surface area contributed by atoms with Crippen molar-refractivity contribution < 1.29 is 18.7 Å². The smallest absolute Gasteiger partial charge is 0.318 e. The third-order valence-electron chi connectivity index (χ3n) is 6.21. The molecule has 4 heterocycles. The molecule has 5 rings (SSSR count). The number of rotatable bonds is 3. The first-order valence-electron chi connectivity index (χ1n) is 10.3. The summed E-state index contributed by atoms with van der Waals surface area (Å²) in [5.41, 5.74) is 0.721. The van der Waals surface area contributed by atoms with Gasteiger partial charge in [0.1, 0.15) is 11.9 Å². The van der Waals surface area contributed by atoms with Crippen LogP contribution in [0.1, 0.15) is 56.0 Å². The summed E-state index contributed by atoms with van der Waals surface area (Å²) in [7, 11) is 0. The molecular formula is C21H26N4O4. The van der Waals surface area contributed by atoms with Gasteiger partial charge in [-0.15, -0.1) is 10.2 Å². The highest BCUT2D eigenvalue weighted by Gasteiger charge is 2.48. The van der Waals surface area contributed by atoms with Crippen LogP contribution in [-0.2, 0) is 10.2 Å². The Hall–Kier alpha value is -2.61. The molecule has 3 aliphatic rings. The van der Waals surface area contributed by atoms with Crippen molar-refractivity contribution >= 4 is 6.03 Å². The second-order valence-corrected chi connectivity index (χ2v) is 8.54. The number of ether oxygens (including phenoxy) is 2. The van der Waals surface area contributed by atoms with Gasteiger partial charge in [-0.3, -0.25) is 0 Å². The fraction of sp³-hybridized carbons (Fsp3) is 0.571. The molecule has 2 saturated heterocycles. The van der Waals surface area contributed by atoms with Crippen LogP contribution >= 0.6 is 0 Å². The molecule has 2 aromatic rings. The number of likely N-dealkylation sites (tertiary alicyclic amines) is 1. The number of fused-ring (bicyclic) bond motifs is 1. The maximum Gasteiger partial charge on any atom is 0.318 e. The molecule has 1 aromatic carbocycles. The lowest BCUT2D eigenvalue weighted by atomic mass is 9.82. The van der Waals surface area contributed by atoms with Crippen molar-refractivity contribution in [1.82, 2.24) is 20.4 Å². The Morgan fingerprint density at radius 2 is 1.97 bits per heavy atom. The van der Waals surface area contributed by atoms with Crippen LogP contribution in [0, 0.1) is 0 Å². The van der Waals surface area contributed by atoms with Crippen molar-refractivity contribution in [3.63, 3.8) is 0 Å². The first-order valence-corrected chi connectivity index (χ1v) is 10.3. The molecule has 29 heavy (non-hydrogen) atoms. The molecule has 2 atom stereocenters. The van der Waals surface area contributed by atoms with Crippen LogP contribution in [0.4, 0.5) is 4.79 Å². The maximum atomic E-state index is 12.8. The molecular weight excluding hydrogens is 372 g/mol. The summed E-state index contributed by atoms with van der Waals surface area (Å²) in [6, 6.07) is 7.60. The highest BCUT2D eigenvalue weighted by Crippen LogP contribution is 2.38. The molecule has 0 radical (unpaired) electrons. The average Bonchev–Trinajstić information content (AvgIpc) is 3.32. The van der Waals surface area contributed by atoms with Crippen LogP contribution < -0.4 is 10.1 Å². The molecule has 0 bridgehead atoms. The zero-order valence-corrected chi connectivity index (χ0v) is 16.8. The van der Waals surface area contributed by atoms with Gasteiger partial charge in [0.05, 0.1) is 11.5 Å².